The summed E-state index contributed by atoms with van der Waals surface area (Å²) in [5, 5.41) is 7.34. The van der Waals surface area contributed by atoms with Crippen molar-refractivity contribution in [1.29, 1.82) is 5.41 Å². The van der Waals surface area contributed by atoms with Crippen LogP contribution in [0.2, 0.25) is 0 Å². The fourth-order valence-corrected chi connectivity index (χ4v) is 1.66. The number of rotatable bonds is 3. The average Bonchev–Trinajstić information content (AvgIpc) is 2.39. The van der Waals surface area contributed by atoms with Crippen LogP contribution in [0.25, 0.3) is 0 Å². The number of hydrogen-bond acceptors (Lipinski definition) is 4. The van der Waals surface area contributed by atoms with Gasteiger partial charge in [-0.3, -0.25) is 5.41 Å². The quantitative estimate of drug-likeness (QED) is 0.673. The SMILES string of the molecule is CN(c1ccc(C(=N)N)cc1)c1ncc(Br)cn1. The third-order valence-electron chi connectivity index (χ3n) is 2.47. The summed E-state index contributed by atoms with van der Waals surface area (Å²) in [6, 6.07) is 7.35. The standard InChI is InChI=1S/C12H12BrN5/c1-18(12-16-6-9(13)7-17-12)10-4-2-8(3-5-10)11(14)15/h2-7H,1H3,(H3,14,15). The number of hydrogen-bond donors (Lipinski definition) is 2. The van der Waals surface area contributed by atoms with E-state index in [1.165, 1.54) is 0 Å². The third kappa shape index (κ3) is 2.65. The maximum Gasteiger partial charge on any atom is 0.229 e. The lowest BCUT2D eigenvalue weighted by Crippen LogP contribution is -2.14. The Morgan fingerprint density at radius 1 is 1.22 bits per heavy atom. The van der Waals surface area contributed by atoms with Gasteiger partial charge < -0.3 is 10.6 Å². The first-order valence-corrected chi connectivity index (χ1v) is 6.03. The van der Waals surface area contributed by atoms with Crippen molar-refractivity contribution in [1.82, 2.24) is 9.97 Å². The zero-order valence-electron chi connectivity index (χ0n) is 9.76. The molecule has 0 radical (unpaired) electrons. The highest BCUT2D eigenvalue weighted by Crippen LogP contribution is 2.20. The minimum absolute atomic E-state index is 0.0593. The number of aromatic nitrogens is 2. The zero-order valence-corrected chi connectivity index (χ0v) is 11.3. The maximum atomic E-state index is 7.34. The van der Waals surface area contributed by atoms with Gasteiger partial charge in [0, 0.05) is 30.7 Å². The fraction of sp³-hybridized carbons (Fsp3) is 0.0833. The Hall–Kier alpha value is -1.95. The summed E-state index contributed by atoms with van der Waals surface area (Å²) in [5.41, 5.74) is 7.04. The van der Waals surface area contributed by atoms with Crippen molar-refractivity contribution >= 4 is 33.4 Å². The number of amidine groups is 1. The third-order valence-corrected chi connectivity index (χ3v) is 2.88. The van der Waals surface area contributed by atoms with E-state index in [1.54, 1.807) is 24.5 Å². The Labute approximate surface area is 113 Å². The second-order valence-electron chi connectivity index (χ2n) is 3.72. The summed E-state index contributed by atoms with van der Waals surface area (Å²) < 4.78 is 0.839. The summed E-state index contributed by atoms with van der Waals surface area (Å²) in [7, 11) is 1.88. The molecular weight excluding hydrogens is 294 g/mol. The van der Waals surface area contributed by atoms with Crippen molar-refractivity contribution < 1.29 is 0 Å². The van der Waals surface area contributed by atoms with Crippen LogP contribution >= 0.6 is 15.9 Å². The highest BCUT2D eigenvalue weighted by atomic mass is 79.9. The first kappa shape index (κ1) is 12.5. The van der Waals surface area contributed by atoms with Crippen molar-refractivity contribution in [2.45, 2.75) is 0 Å². The number of nitrogens with zero attached hydrogens (tertiary/aromatic N) is 3. The Kier molecular flexibility index (Phi) is 3.57. The Morgan fingerprint density at radius 2 is 1.78 bits per heavy atom. The van der Waals surface area contributed by atoms with Gasteiger partial charge in [0.15, 0.2) is 0 Å². The smallest absolute Gasteiger partial charge is 0.229 e. The average molecular weight is 306 g/mol. The molecule has 0 aliphatic carbocycles. The van der Waals surface area contributed by atoms with E-state index in [4.69, 9.17) is 11.1 Å². The van der Waals surface area contributed by atoms with E-state index in [0.717, 1.165) is 10.2 Å². The molecule has 0 atom stereocenters. The Morgan fingerprint density at radius 3 is 2.28 bits per heavy atom. The van der Waals surface area contributed by atoms with E-state index >= 15 is 0 Å². The molecule has 0 amide bonds. The van der Waals surface area contributed by atoms with Gasteiger partial charge in [0.05, 0.1) is 4.47 Å². The molecule has 0 saturated heterocycles. The largest absolute Gasteiger partial charge is 0.384 e. The summed E-state index contributed by atoms with van der Waals surface area (Å²) in [6.07, 6.45) is 3.39. The van der Waals surface area contributed by atoms with Crippen LogP contribution in [0.5, 0.6) is 0 Å². The van der Waals surface area contributed by atoms with E-state index in [-0.39, 0.29) is 5.84 Å². The second-order valence-corrected chi connectivity index (χ2v) is 4.64. The van der Waals surface area contributed by atoms with Gasteiger partial charge in [-0.2, -0.15) is 0 Å². The van der Waals surface area contributed by atoms with Gasteiger partial charge in [0.2, 0.25) is 5.95 Å². The highest BCUT2D eigenvalue weighted by Gasteiger charge is 2.07. The van der Waals surface area contributed by atoms with Crippen LogP contribution in [0, 0.1) is 5.41 Å². The number of halogens is 1. The minimum Gasteiger partial charge on any atom is -0.384 e. The zero-order chi connectivity index (χ0) is 13.1. The molecule has 2 aromatic rings. The maximum absolute atomic E-state index is 7.34. The number of benzene rings is 1. The van der Waals surface area contributed by atoms with Gasteiger partial charge in [-0.1, -0.05) is 0 Å². The van der Waals surface area contributed by atoms with E-state index < -0.39 is 0 Å². The predicted octanol–water partition coefficient (Wildman–Crippen LogP) is 2.29. The number of nitrogens with two attached hydrogens (primary N) is 1. The molecule has 0 unspecified atom stereocenters. The highest BCUT2D eigenvalue weighted by molar-refractivity contribution is 9.10. The Bertz CT molecular complexity index is 550. The van der Waals surface area contributed by atoms with Crippen LogP contribution in [0.15, 0.2) is 41.1 Å². The summed E-state index contributed by atoms with van der Waals surface area (Å²) in [5.74, 6) is 0.665. The molecule has 1 aromatic carbocycles. The molecule has 18 heavy (non-hydrogen) atoms. The first-order chi connectivity index (χ1) is 8.58. The molecule has 3 N–H and O–H groups in total. The molecule has 0 spiro atoms. The van der Waals surface area contributed by atoms with Gasteiger partial charge in [-0.05, 0) is 40.2 Å². The van der Waals surface area contributed by atoms with E-state index in [9.17, 15) is 0 Å². The van der Waals surface area contributed by atoms with Gasteiger partial charge >= 0.3 is 0 Å². The van der Waals surface area contributed by atoms with Gasteiger partial charge in [0.1, 0.15) is 5.84 Å². The molecule has 0 aliphatic rings. The molecule has 0 bridgehead atoms. The second kappa shape index (κ2) is 5.14. The van der Waals surface area contributed by atoms with Crippen LogP contribution in [0.4, 0.5) is 11.6 Å². The number of anilines is 2. The normalized spacial score (nSPS) is 10.1. The van der Waals surface area contributed by atoms with E-state index in [0.29, 0.717) is 11.5 Å². The molecule has 0 fully saturated rings. The van der Waals surface area contributed by atoms with Crippen LogP contribution in [-0.2, 0) is 0 Å². The molecule has 1 aromatic heterocycles. The predicted molar refractivity (Wildman–Crippen MR) is 75.3 cm³/mol. The number of nitrogen functional groups attached to an aromatic ring is 1. The van der Waals surface area contributed by atoms with E-state index in [1.807, 2.05) is 24.1 Å². The minimum atomic E-state index is 0.0593. The molecule has 6 heteroatoms. The molecule has 1 heterocycles. The molecule has 2 rings (SSSR count). The lowest BCUT2D eigenvalue weighted by molar-refractivity contribution is 1.04. The molecule has 92 valence electrons. The summed E-state index contributed by atoms with van der Waals surface area (Å²) in [6.45, 7) is 0. The monoisotopic (exact) mass is 305 g/mol. The fourth-order valence-electron chi connectivity index (χ4n) is 1.46. The Balaban J connectivity index is 2.25. The summed E-state index contributed by atoms with van der Waals surface area (Å²) in [4.78, 5) is 10.3. The number of nitrogens with one attached hydrogen (secondary N) is 1. The summed E-state index contributed by atoms with van der Waals surface area (Å²) >= 11 is 3.30. The van der Waals surface area contributed by atoms with Crippen LogP contribution < -0.4 is 10.6 Å². The molecule has 5 nitrogen and oxygen atoms in total. The van der Waals surface area contributed by atoms with Crippen molar-refractivity contribution in [2.24, 2.45) is 5.73 Å². The van der Waals surface area contributed by atoms with Crippen molar-refractivity contribution in [3.63, 3.8) is 0 Å². The first-order valence-electron chi connectivity index (χ1n) is 5.23. The topological polar surface area (TPSA) is 78.9 Å². The van der Waals surface area contributed by atoms with Gasteiger partial charge in [0.25, 0.3) is 0 Å². The van der Waals surface area contributed by atoms with Crippen molar-refractivity contribution in [3.05, 3.63) is 46.7 Å². The van der Waals surface area contributed by atoms with Crippen LogP contribution in [-0.4, -0.2) is 22.9 Å². The lowest BCUT2D eigenvalue weighted by Gasteiger charge is -2.17. The molecule has 0 saturated carbocycles. The van der Waals surface area contributed by atoms with Gasteiger partial charge in [-0.15, -0.1) is 0 Å². The molecular formula is C12H12BrN5. The lowest BCUT2D eigenvalue weighted by atomic mass is 10.2. The molecule has 0 aliphatic heterocycles. The van der Waals surface area contributed by atoms with Crippen molar-refractivity contribution in [2.75, 3.05) is 11.9 Å². The van der Waals surface area contributed by atoms with E-state index in [2.05, 4.69) is 25.9 Å². The van der Waals surface area contributed by atoms with Crippen molar-refractivity contribution in [3.8, 4) is 0 Å². The van der Waals surface area contributed by atoms with Gasteiger partial charge in [-0.25, -0.2) is 9.97 Å². The van der Waals surface area contributed by atoms with Crippen LogP contribution in [0.3, 0.4) is 0 Å². The van der Waals surface area contributed by atoms with Crippen LogP contribution in [0.1, 0.15) is 5.56 Å².